The van der Waals surface area contributed by atoms with Crippen molar-refractivity contribution in [1.82, 2.24) is 20.0 Å². The standard InChI is InChI=1S/C16H20N4O/c1-20(15(11-4-5-11)12-6-7-12)10-14-18-16(19-21-14)13-3-2-8-17-9-13/h2-3,8-9,11-12,15H,4-7,10H2,1H3. The van der Waals surface area contributed by atoms with Crippen LogP contribution in [0.2, 0.25) is 0 Å². The molecule has 0 unspecified atom stereocenters. The number of nitrogens with zero attached hydrogens (tertiary/aromatic N) is 4. The molecule has 2 heterocycles. The summed E-state index contributed by atoms with van der Waals surface area (Å²) in [5, 5.41) is 4.07. The first-order valence-electron chi connectivity index (χ1n) is 7.74. The van der Waals surface area contributed by atoms with Gasteiger partial charge in [-0.1, -0.05) is 5.16 Å². The fraction of sp³-hybridized carbons (Fsp3) is 0.562. The van der Waals surface area contributed by atoms with Crippen molar-refractivity contribution < 1.29 is 4.52 Å². The van der Waals surface area contributed by atoms with Crippen molar-refractivity contribution in [3.63, 3.8) is 0 Å². The van der Waals surface area contributed by atoms with Gasteiger partial charge in [0, 0.05) is 24.0 Å². The van der Waals surface area contributed by atoms with E-state index in [0.717, 1.165) is 23.9 Å². The van der Waals surface area contributed by atoms with Crippen LogP contribution in [0.25, 0.3) is 11.4 Å². The Labute approximate surface area is 124 Å². The molecule has 0 bridgehead atoms. The maximum Gasteiger partial charge on any atom is 0.241 e. The van der Waals surface area contributed by atoms with E-state index in [1.807, 2.05) is 12.1 Å². The number of aromatic nitrogens is 3. The second-order valence-electron chi connectivity index (χ2n) is 6.33. The summed E-state index contributed by atoms with van der Waals surface area (Å²) in [4.78, 5) is 11.0. The van der Waals surface area contributed by atoms with Gasteiger partial charge in [0.2, 0.25) is 11.7 Å². The lowest BCUT2D eigenvalue weighted by Gasteiger charge is -2.26. The van der Waals surface area contributed by atoms with Gasteiger partial charge in [-0.3, -0.25) is 9.88 Å². The van der Waals surface area contributed by atoms with Gasteiger partial charge >= 0.3 is 0 Å². The predicted octanol–water partition coefficient (Wildman–Crippen LogP) is 2.75. The molecule has 5 heteroatoms. The van der Waals surface area contributed by atoms with Crippen molar-refractivity contribution in [3.8, 4) is 11.4 Å². The Morgan fingerprint density at radius 3 is 2.67 bits per heavy atom. The largest absolute Gasteiger partial charge is 0.338 e. The molecule has 5 nitrogen and oxygen atoms in total. The van der Waals surface area contributed by atoms with Crippen LogP contribution < -0.4 is 0 Å². The maximum atomic E-state index is 5.41. The van der Waals surface area contributed by atoms with Crippen molar-refractivity contribution in [1.29, 1.82) is 0 Å². The van der Waals surface area contributed by atoms with E-state index in [2.05, 4.69) is 27.1 Å². The minimum absolute atomic E-state index is 0.626. The molecule has 2 aromatic rings. The molecule has 110 valence electrons. The van der Waals surface area contributed by atoms with E-state index in [9.17, 15) is 0 Å². The summed E-state index contributed by atoms with van der Waals surface area (Å²) in [6.45, 7) is 0.741. The first-order chi connectivity index (χ1) is 10.3. The van der Waals surface area contributed by atoms with E-state index < -0.39 is 0 Å². The van der Waals surface area contributed by atoms with Crippen molar-refractivity contribution in [2.75, 3.05) is 7.05 Å². The zero-order valence-corrected chi connectivity index (χ0v) is 12.3. The lowest BCUT2D eigenvalue weighted by atomic mass is 10.1. The monoisotopic (exact) mass is 284 g/mol. The molecule has 0 amide bonds. The van der Waals surface area contributed by atoms with Gasteiger partial charge in [0.1, 0.15) is 0 Å². The summed E-state index contributed by atoms with van der Waals surface area (Å²) < 4.78 is 5.41. The minimum Gasteiger partial charge on any atom is -0.338 e. The molecule has 0 aliphatic heterocycles. The minimum atomic E-state index is 0.626. The highest BCUT2D eigenvalue weighted by Gasteiger charge is 2.43. The van der Waals surface area contributed by atoms with E-state index >= 15 is 0 Å². The number of hydrogen-bond acceptors (Lipinski definition) is 5. The van der Waals surface area contributed by atoms with Crippen molar-refractivity contribution in [3.05, 3.63) is 30.4 Å². The molecule has 2 aromatic heterocycles. The zero-order chi connectivity index (χ0) is 14.2. The van der Waals surface area contributed by atoms with Gasteiger partial charge in [-0.05, 0) is 56.7 Å². The van der Waals surface area contributed by atoms with E-state index in [1.165, 1.54) is 25.7 Å². The van der Waals surface area contributed by atoms with Gasteiger partial charge in [0.25, 0.3) is 0 Å². The van der Waals surface area contributed by atoms with Crippen LogP contribution in [-0.2, 0) is 6.54 Å². The summed E-state index contributed by atoms with van der Waals surface area (Å²) >= 11 is 0. The van der Waals surface area contributed by atoms with Crippen LogP contribution >= 0.6 is 0 Å². The predicted molar refractivity (Wildman–Crippen MR) is 78.2 cm³/mol. The Balaban J connectivity index is 1.46. The molecule has 0 aromatic carbocycles. The number of rotatable bonds is 6. The Bertz CT molecular complexity index is 592. The van der Waals surface area contributed by atoms with E-state index in [-0.39, 0.29) is 0 Å². The molecular formula is C16H20N4O. The third-order valence-corrected chi connectivity index (χ3v) is 4.49. The van der Waals surface area contributed by atoms with Crippen LogP contribution in [0.3, 0.4) is 0 Å². The molecule has 2 aliphatic carbocycles. The summed E-state index contributed by atoms with van der Waals surface area (Å²) in [5.74, 6) is 3.11. The average Bonchev–Trinajstić information content (AvgIpc) is 3.43. The highest BCUT2D eigenvalue weighted by Crippen LogP contribution is 2.47. The van der Waals surface area contributed by atoms with Gasteiger partial charge in [-0.2, -0.15) is 4.98 Å². The van der Waals surface area contributed by atoms with Gasteiger partial charge in [0.05, 0.1) is 6.54 Å². The molecule has 0 N–H and O–H groups in total. The van der Waals surface area contributed by atoms with Gasteiger partial charge < -0.3 is 4.52 Å². The maximum absolute atomic E-state index is 5.41. The highest BCUT2D eigenvalue weighted by atomic mass is 16.5. The third kappa shape index (κ3) is 2.83. The molecule has 4 rings (SSSR count). The average molecular weight is 284 g/mol. The number of pyridine rings is 1. The fourth-order valence-corrected chi connectivity index (χ4v) is 3.23. The molecule has 0 atom stereocenters. The molecule has 2 aliphatic rings. The van der Waals surface area contributed by atoms with E-state index in [0.29, 0.717) is 17.8 Å². The lowest BCUT2D eigenvalue weighted by molar-refractivity contribution is 0.165. The smallest absolute Gasteiger partial charge is 0.241 e. The highest BCUT2D eigenvalue weighted by molar-refractivity contribution is 5.51. The Kier molecular flexibility index (Phi) is 3.22. The Morgan fingerprint density at radius 2 is 2.05 bits per heavy atom. The third-order valence-electron chi connectivity index (χ3n) is 4.49. The SMILES string of the molecule is CN(Cc1nc(-c2cccnc2)no1)C(C1CC1)C1CC1. The second kappa shape index (κ2) is 5.22. The van der Waals surface area contributed by atoms with Crippen LogP contribution in [-0.4, -0.2) is 33.1 Å². The quantitative estimate of drug-likeness (QED) is 0.816. The normalized spacial score (nSPS) is 18.6. The molecule has 2 saturated carbocycles. The topological polar surface area (TPSA) is 55.1 Å². The Morgan fingerprint density at radius 1 is 1.29 bits per heavy atom. The first kappa shape index (κ1) is 13.0. The zero-order valence-electron chi connectivity index (χ0n) is 12.3. The molecule has 0 saturated heterocycles. The molecule has 2 fully saturated rings. The van der Waals surface area contributed by atoms with Crippen LogP contribution in [0, 0.1) is 11.8 Å². The summed E-state index contributed by atoms with van der Waals surface area (Å²) in [6, 6.07) is 4.54. The van der Waals surface area contributed by atoms with E-state index in [1.54, 1.807) is 12.4 Å². The molecule has 21 heavy (non-hydrogen) atoms. The second-order valence-corrected chi connectivity index (χ2v) is 6.33. The van der Waals surface area contributed by atoms with Gasteiger partial charge in [-0.15, -0.1) is 0 Å². The van der Waals surface area contributed by atoms with Gasteiger partial charge in [-0.25, -0.2) is 0 Å². The van der Waals surface area contributed by atoms with Crippen molar-refractivity contribution >= 4 is 0 Å². The molecule has 0 spiro atoms. The molecule has 0 radical (unpaired) electrons. The van der Waals surface area contributed by atoms with Crippen LogP contribution in [0.15, 0.2) is 29.0 Å². The fourth-order valence-electron chi connectivity index (χ4n) is 3.23. The number of hydrogen-bond donors (Lipinski definition) is 0. The van der Waals surface area contributed by atoms with E-state index in [4.69, 9.17) is 4.52 Å². The van der Waals surface area contributed by atoms with Crippen molar-refractivity contribution in [2.24, 2.45) is 11.8 Å². The summed E-state index contributed by atoms with van der Waals surface area (Å²) in [7, 11) is 2.19. The summed E-state index contributed by atoms with van der Waals surface area (Å²) in [6.07, 6.45) is 9.04. The Hall–Kier alpha value is -1.75. The van der Waals surface area contributed by atoms with Crippen LogP contribution in [0.4, 0.5) is 0 Å². The van der Waals surface area contributed by atoms with Crippen LogP contribution in [0.5, 0.6) is 0 Å². The van der Waals surface area contributed by atoms with Crippen LogP contribution in [0.1, 0.15) is 31.6 Å². The summed E-state index contributed by atoms with van der Waals surface area (Å²) in [5.41, 5.74) is 0.899. The van der Waals surface area contributed by atoms with Gasteiger partial charge in [0.15, 0.2) is 0 Å². The molecular weight excluding hydrogens is 264 g/mol. The first-order valence-corrected chi connectivity index (χ1v) is 7.74. The van der Waals surface area contributed by atoms with Crippen molar-refractivity contribution in [2.45, 2.75) is 38.3 Å². The lowest BCUT2D eigenvalue weighted by Crippen LogP contribution is -2.34.